The number of benzene rings is 2. The molecule has 1 heterocycles. The van der Waals surface area contributed by atoms with Crippen LogP contribution in [0.4, 0.5) is 11.4 Å². The Balaban J connectivity index is 0.000000449. The van der Waals surface area contributed by atoms with Crippen molar-refractivity contribution in [2.24, 2.45) is 16.8 Å². The Kier molecular flexibility index (Phi) is 21.5. The van der Waals surface area contributed by atoms with Crippen LogP contribution in [0.5, 0.6) is 0 Å². The van der Waals surface area contributed by atoms with E-state index in [1.165, 1.54) is 12.1 Å². The number of carbonyl (C=O) groups excluding carboxylic acids is 1. The smallest absolute Gasteiger partial charge is 0.133 e. The summed E-state index contributed by atoms with van der Waals surface area (Å²) in [4.78, 5) is 20.4. The lowest BCUT2D eigenvalue weighted by atomic mass is 9.99. The van der Waals surface area contributed by atoms with Crippen molar-refractivity contribution in [3.8, 4) is 6.07 Å². The molecule has 1 saturated heterocycles. The third-order valence-corrected chi connectivity index (χ3v) is 8.61. The molecule has 0 radical (unpaired) electrons. The van der Waals surface area contributed by atoms with E-state index in [2.05, 4.69) is 83.5 Å². The highest BCUT2D eigenvalue weighted by Crippen LogP contribution is 2.24. The number of halogens is 1. The predicted octanol–water partition coefficient (Wildman–Crippen LogP) is 9.72. The lowest BCUT2D eigenvalue weighted by Gasteiger charge is -2.23. The van der Waals surface area contributed by atoms with E-state index in [1.807, 2.05) is 45.9 Å². The number of likely N-dealkylation sites (tertiary alicyclic amines) is 1. The first-order valence-electron chi connectivity index (χ1n) is 16.8. The van der Waals surface area contributed by atoms with Gasteiger partial charge in [-0.2, -0.15) is 5.26 Å². The predicted molar refractivity (Wildman–Crippen MR) is 203 cm³/mol. The molecule has 2 aromatic carbocycles. The Morgan fingerprint density at radius 1 is 1.20 bits per heavy atom. The van der Waals surface area contributed by atoms with Crippen LogP contribution in [0.15, 0.2) is 76.8 Å². The van der Waals surface area contributed by atoms with Crippen molar-refractivity contribution in [1.82, 2.24) is 4.90 Å². The molecule has 0 saturated carbocycles. The zero-order valence-corrected chi connectivity index (χ0v) is 30.6. The van der Waals surface area contributed by atoms with Crippen LogP contribution in [0.1, 0.15) is 79.2 Å². The highest BCUT2D eigenvalue weighted by atomic mass is 35.5. The summed E-state index contributed by atoms with van der Waals surface area (Å²) in [6.45, 7) is 22.0. The zero-order valence-electron chi connectivity index (χ0n) is 28.9. The summed E-state index contributed by atoms with van der Waals surface area (Å²) in [7, 11) is 0. The van der Waals surface area contributed by atoms with Crippen LogP contribution in [-0.4, -0.2) is 56.2 Å². The fourth-order valence-corrected chi connectivity index (χ4v) is 5.53. The number of aliphatic imine (C=N–C) groups is 1. The van der Waals surface area contributed by atoms with E-state index in [1.54, 1.807) is 12.3 Å². The molecule has 0 aliphatic carbocycles. The van der Waals surface area contributed by atoms with E-state index in [-0.39, 0.29) is 5.92 Å². The second kappa shape index (κ2) is 24.2. The first kappa shape index (κ1) is 41.0. The molecule has 1 unspecified atom stereocenters. The molecule has 2 atom stereocenters. The van der Waals surface area contributed by atoms with Gasteiger partial charge in [0.25, 0.3) is 0 Å². The maximum atomic E-state index is 10.5. The van der Waals surface area contributed by atoms with Crippen molar-refractivity contribution in [3.05, 3.63) is 77.5 Å². The molecule has 1 aliphatic heterocycles. The van der Waals surface area contributed by atoms with Gasteiger partial charge in [0.2, 0.25) is 0 Å². The zero-order chi connectivity index (χ0) is 34.3. The summed E-state index contributed by atoms with van der Waals surface area (Å²) < 4.78 is 0. The van der Waals surface area contributed by atoms with Gasteiger partial charge >= 0.3 is 0 Å². The van der Waals surface area contributed by atoms with Gasteiger partial charge in [0.05, 0.1) is 23.6 Å². The summed E-state index contributed by atoms with van der Waals surface area (Å²) >= 11 is 10.3. The van der Waals surface area contributed by atoms with Crippen LogP contribution in [0.2, 0.25) is 5.02 Å². The number of hydrogen-bond acceptors (Lipinski definition) is 7. The fourth-order valence-electron chi connectivity index (χ4n) is 5.21. The topological polar surface area (TPSA) is 71.7 Å². The Morgan fingerprint density at radius 2 is 1.87 bits per heavy atom. The molecular weight excluding hydrogens is 610 g/mol. The average Bonchev–Trinajstić information content (AvgIpc) is 3.53. The van der Waals surface area contributed by atoms with Crippen molar-refractivity contribution < 1.29 is 4.79 Å². The van der Waals surface area contributed by atoms with E-state index in [0.29, 0.717) is 17.5 Å². The third kappa shape index (κ3) is 14.6. The Labute approximate surface area is 290 Å². The minimum absolute atomic E-state index is 0.145. The number of rotatable bonds is 16. The molecule has 0 aromatic heterocycles. The minimum atomic E-state index is -0.145. The van der Waals surface area contributed by atoms with Crippen molar-refractivity contribution in [3.63, 3.8) is 0 Å². The molecule has 8 heteroatoms. The van der Waals surface area contributed by atoms with Gasteiger partial charge in [0, 0.05) is 54.4 Å². The molecule has 1 N–H and O–H groups in total. The molecule has 0 bridgehead atoms. The number of thiol groups is 1. The molecule has 0 amide bonds. The van der Waals surface area contributed by atoms with Gasteiger partial charge in [0.15, 0.2) is 0 Å². The van der Waals surface area contributed by atoms with Crippen LogP contribution in [-0.2, 0) is 4.79 Å². The second-order valence-corrected chi connectivity index (χ2v) is 12.0. The van der Waals surface area contributed by atoms with Crippen LogP contribution in [0.25, 0.3) is 0 Å². The van der Waals surface area contributed by atoms with Gasteiger partial charge in [-0.25, -0.2) is 0 Å². The molecule has 1 fully saturated rings. The van der Waals surface area contributed by atoms with E-state index >= 15 is 0 Å². The Morgan fingerprint density at radius 3 is 2.41 bits per heavy atom. The molecule has 1 aliphatic rings. The summed E-state index contributed by atoms with van der Waals surface area (Å²) in [6, 6.07) is 16.7. The SMILES string of the molecule is C=C/C(=C\N=C(C)c1ccc(N(CCC)CCC)cc1)C(C#N)CC.CC.O=CCN1CC[C@@H](CCNc2ccc(S)c(Cl)c2)C1. The van der Waals surface area contributed by atoms with E-state index < -0.39 is 0 Å². The number of aldehydes is 1. The number of anilines is 2. The normalized spacial score (nSPS) is 15.4. The van der Waals surface area contributed by atoms with E-state index in [4.69, 9.17) is 11.6 Å². The van der Waals surface area contributed by atoms with Crippen LogP contribution >= 0.6 is 24.2 Å². The molecule has 2 aromatic rings. The van der Waals surface area contributed by atoms with Gasteiger partial charge < -0.3 is 15.0 Å². The summed E-state index contributed by atoms with van der Waals surface area (Å²) in [5, 5.41) is 13.2. The average molecular weight is 666 g/mol. The van der Waals surface area contributed by atoms with Gasteiger partial charge in [-0.05, 0) is 93.0 Å². The summed E-state index contributed by atoms with van der Waals surface area (Å²) in [5.41, 5.74) is 5.21. The highest BCUT2D eigenvalue weighted by Gasteiger charge is 2.21. The van der Waals surface area contributed by atoms with Crippen LogP contribution in [0, 0.1) is 23.2 Å². The monoisotopic (exact) mass is 665 g/mol. The van der Waals surface area contributed by atoms with Crippen molar-refractivity contribution in [2.45, 2.75) is 78.5 Å². The quantitative estimate of drug-likeness (QED) is 0.0808. The van der Waals surface area contributed by atoms with Crippen molar-refractivity contribution >= 4 is 47.6 Å². The molecule has 252 valence electrons. The number of hydrogen-bond donors (Lipinski definition) is 2. The number of nitrogens with zero attached hydrogens (tertiary/aromatic N) is 4. The Bertz CT molecular complexity index is 1260. The fraction of sp³-hybridized carbons (Fsp3) is 0.500. The van der Waals surface area contributed by atoms with Crippen LogP contribution < -0.4 is 10.2 Å². The molecule has 3 rings (SSSR count). The maximum Gasteiger partial charge on any atom is 0.133 e. The van der Waals surface area contributed by atoms with Gasteiger partial charge in [-0.15, -0.1) is 12.6 Å². The Hall–Kier alpha value is -3.05. The maximum absolute atomic E-state index is 10.5. The lowest BCUT2D eigenvalue weighted by molar-refractivity contribution is -0.108. The molecule has 6 nitrogen and oxygen atoms in total. The molecule has 0 spiro atoms. The highest BCUT2D eigenvalue weighted by molar-refractivity contribution is 7.80. The van der Waals surface area contributed by atoms with Gasteiger partial charge in [0.1, 0.15) is 6.29 Å². The van der Waals surface area contributed by atoms with E-state index in [0.717, 1.165) is 92.1 Å². The summed E-state index contributed by atoms with van der Waals surface area (Å²) in [6.07, 6.45) is 9.86. The van der Waals surface area contributed by atoms with E-state index in [9.17, 15) is 10.1 Å². The second-order valence-electron chi connectivity index (χ2n) is 11.1. The van der Waals surface area contributed by atoms with Crippen molar-refractivity contribution in [2.75, 3.05) is 49.5 Å². The first-order valence-corrected chi connectivity index (χ1v) is 17.6. The number of nitriles is 1. The number of carbonyl (C=O) groups is 1. The lowest BCUT2D eigenvalue weighted by Crippen LogP contribution is -2.24. The number of allylic oxidation sites excluding steroid dienone is 2. The standard InChI is InChI=1S/C22H31N3.C14H19ClN2OS.C2H6/c1-6-14-25(15-7-2)22-12-10-21(11-13-22)18(5)24-17-20(9-4)19(8-3)16-23;15-13-9-12(1-2-14(13)19)16-5-3-11-4-6-17(10-11)7-8-18;1-2/h9-13,17,19H,4,6-8,14-15H2,1-3,5H3;1-2,8-9,11,16,19H,3-7,10H2;1-2H3/b20-17+,24-18?;;/t;11-;/m.1./s1. The third-order valence-electron chi connectivity index (χ3n) is 7.78. The number of nitrogens with one attached hydrogen (secondary N) is 1. The minimum Gasteiger partial charge on any atom is -0.385 e. The first-order chi connectivity index (χ1) is 22.3. The molecular formula is C38H56ClN5OS. The summed E-state index contributed by atoms with van der Waals surface area (Å²) in [5.74, 6) is 0.542. The van der Waals surface area contributed by atoms with Crippen LogP contribution in [0.3, 0.4) is 0 Å². The van der Waals surface area contributed by atoms with Gasteiger partial charge in [-0.3, -0.25) is 9.89 Å². The largest absolute Gasteiger partial charge is 0.385 e. The van der Waals surface area contributed by atoms with Crippen molar-refractivity contribution in [1.29, 1.82) is 5.26 Å². The van der Waals surface area contributed by atoms with Gasteiger partial charge in [-0.1, -0.05) is 71.0 Å². The molecule has 46 heavy (non-hydrogen) atoms.